The molecule has 5 nitrogen and oxygen atoms in total. The van der Waals surface area contributed by atoms with Crippen LogP contribution in [0, 0.1) is 0 Å². The fourth-order valence-corrected chi connectivity index (χ4v) is 3.35. The summed E-state index contributed by atoms with van der Waals surface area (Å²) < 4.78 is 13.4. The van der Waals surface area contributed by atoms with Gasteiger partial charge in [-0.25, -0.2) is 0 Å². The molecule has 1 saturated carbocycles. The summed E-state index contributed by atoms with van der Waals surface area (Å²) in [6.07, 6.45) is 8.63. The molecule has 1 unspecified atom stereocenters. The van der Waals surface area contributed by atoms with Crippen LogP contribution in [0.25, 0.3) is 0 Å². The highest BCUT2D eigenvalue weighted by Crippen LogP contribution is 2.41. The zero-order valence-electron chi connectivity index (χ0n) is 12.9. The third-order valence-electron chi connectivity index (χ3n) is 4.41. The zero-order chi connectivity index (χ0) is 14.6. The molecule has 1 fully saturated rings. The highest BCUT2D eigenvalue weighted by Gasteiger charge is 2.41. The van der Waals surface area contributed by atoms with E-state index in [1.165, 1.54) is 25.7 Å². The SMILES string of the molecule is CCOC1(C(N)c2c(OC)cnn2C)CCCCCC1. The highest BCUT2D eigenvalue weighted by molar-refractivity contribution is 5.30. The van der Waals surface area contributed by atoms with Crippen LogP contribution in [0.3, 0.4) is 0 Å². The van der Waals surface area contributed by atoms with Gasteiger partial charge in [0.05, 0.1) is 30.6 Å². The molecule has 1 aromatic rings. The van der Waals surface area contributed by atoms with Crippen LogP contribution < -0.4 is 10.5 Å². The standard InChI is InChI=1S/C15H27N3O2/c1-4-20-15(9-7-5-6-8-10-15)14(16)13-12(19-3)11-17-18(13)2/h11,14H,4-10,16H2,1-3H3. The number of methoxy groups -OCH3 is 1. The molecular formula is C15H27N3O2. The second-order valence-corrected chi connectivity index (χ2v) is 5.61. The molecule has 2 N–H and O–H groups in total. The van der Waals surface area contributed by atoms with Crippen molar-refractivity contribution in [1.82, 2.24) is 9.78 Å². The Morgan fingerprint density at radius 2 is 2.00 bits per heavy atom. The Labute approximate surface area is 121 Å². The molecule has 1 aromatic heterocycles. The first-order chi connectivity index (χ1) is 9.64. The summed E-state index contributed by atoms with van der Waals surface area (Å²) in [5.41, 5.74) is 7.26. The Hall–Kier alpha value is -1.07. The molecule has 1 heterocycles. The molecule has 5 heteroatoms. The van der Waals surface area contributed by atoms with Crippen molar-refractivity contribution < 1.29 is 9.47 Å². The van der Waals surface area contributed by atoms with Crippen LogP contribution in [-0.2, 0) is 11.8 Å². The smallest absolute Gasteiger partial charge is 0.161 e. The third kappa shape index (κ3) is 2.83. The molecule has 0 amide bonds. The lowest BCUT2D eigenvalue weighted by Crippen LogP contribution is -2.44. The Bertz CT molecular complexity index is 423. The van der Waals surface area contributed by atoms with Gasteiger partial charge in [0.25, 0.3) is 0 Å². The lowest BCUT2D eigenvalue weighted by Gasteiger charge is -2.38. The molecule has 114 valence electrons. The molecule has 2 rings (SSSR count). The summed E-state index contributed by atoms with van der Waals surface area (Å²) in [5.74, 6) is 0.753. The summed E-state index contributed by atoms with van der Waals surface area (Å²) in [6.45, 7) is 2.73. The number of nitrogens with zero attached hydrogens (tertiary/aromatic N) is 2. The predicted octanol–water partition coefficient (Wildman–Crippen LogP) is 2.56. The largest absolute Gasteiger partial charge is 0.493 e. The van der Waals surface area contributed by atoms with E-state index >= 15 is 0 Å². The quantitative estimate of drug-likeness (QED) is 0.843. The minimum Gasteiger partial charge on any atom is -0.493 e. The van der Waals surface area contributed by atoms with Gasteiger partial charge in [0.2, 0.25) is 0 Å². The van der Waals surface area contributed by atoms with Crippen LogP contribution in [0.1, 0.15) is 57.2 Å². The van der Waals surface area contributed by atoms with Crippen molar-refractivity contribution in [3.8, 4) is 5.75 Å². The number of hydrogen-bond donors (Lipinski definition) is 1. The number of hydrogen-bond acceptors (Lipinski definition) is 4. The van der Waals surface area contributed by atoms with Gasteiger partial charge in [-0.15, -0.1) is 0 Å². The summed E-state index contributed by atoms with van der Waals surface area (Å²) in [4.78, 5) is 0. The number of aromatic nitrogens is 2. The molecule has 0 aromatic carbocycles. The van der Waals surface area contributed by atoms with E-state index in [0.29, 0.717) is 6.61 Å². The fourth-order valence-electron chi connectivity index (χ4n) is 3.35. The Morgan fingerprint density at radius 1 is 1.35 bits per heavy atom. The van der Waals surface area contributed by atoms with Gasteiger partial charge < -0.3 is 15.2 Å². The lowest BCUT2D eigenvalue weighted by molar-refractivity contribution is -0.0714. The van der Waals surface area contributed by atoms with Gasteiger partial charge in [0.15, 0.2) is 5.75 Å². The van der Waals surface area contributed by atoms with Crippen LogP contribution in [0.15, 0.2) is 6.20 Å². The van der Waals surface area contributed by atoms with Crippen molar-refractivity contribution in [2.75, 3.05) is 13.7 Å². The van der Waals surface area contributed by atoms with E-state index in [1.807, 2.05) is 18.7 Å². The highest BCUT2D eigenvalue weighted by atomic mass is 16.5. The molecule has 1 aliphatic rings. The van der Waals surface area contributed by atoms with Crippen molar-refractivity contribution in [2.24, 2.45) is 12.8 Å². The van der Waals surface area contributed by atoms with E-state index in [1.54, 1.807) is 13.3 Å². The predicted molar refractivity (Wildman–Crippen MR) is 78.7 cm³/mol. The van der Waals surface area contributed by atoms with Crippen LogP contribution in [0.2, 0.25) is 0 Å². The minimum atomic E-state index is -0.285. The van der Waals surface area contributed by atoms with Gasteiger partial charge in [0, 0.05) is 13.7 Å². The topological polar surface area (TPSA) is 62.3 Å². The normalized spacial score (nSPS) is 20.4. The molecule has 0 saturated heterocycles. The number of nitrogens with two attached hydrogens (primary N) is 1. The first kappa shape index (κ1) is 15.3. The third-order valence-corrected chi connectivity index (χ3v) is 4.41. The van der Waals surface area contributed by atoms with Crippen molar-refractivity contribution in [3.63, 3.8) is 0 Å². The maximum atomic E-state index is 6.62. The Morgan fingerprint density at radius 3 is 2.55 bits per heavy atom. The van der Waals surface area contributed by atoms with E-state index in [4.69, 9.17) is 15.2 Å². The van der Waals surface area contributed by atoms with Gasteiger partial charge in [-0.3, -0.25) is 4.68 Å². The second-order valence-electron chi connectivity index (χ2n) is 5.61. The maximum Gasteiger partial charge on any atom is 0.161 e. The Kier molecular flexibility index (Phi) is 5.05. The van der Waals surface area contributed by atoms with Crippen molar-refractivity contribution in [3.05, 3.63) is 11.9 Å². The van der Waals surface area contributed by atoms with E-state index < -0.39 is 0 Å². The summed E-state index contributed by atoms with van der Waals surface area (Å²) in [6, 6.07) is -0.206. The van der Waals surface area contributed by atoms with Crippen LogP contribution in [0.5, 0.6) is 5.75 Å². The van der Waals surface area contributed by atoms with Crippen LogP contribution in [-0.4, -0.2) is 29.1 Å². The average molecular weight is 281 g/mol. The number of aryl methyl sites for hydroxylation is 1. The maximum absolute atomic E-state index is 6.62. The molecule has 20 heavy (non-hydrogen) atoms. The average Bonchev–Trinajstić information content (AvgIpc) is 2.66. The molecule has 0 spiro atoms. The van der Waals surface area contributed by atoms with Crippen molar-refractivity contribution in [1.29, 1.82) is 0 Å². The van der Waals surface area contributed by atoms with Crippen molar-refractivity contribution >= 4 is 0 Å². The van der Waals surface area contributed by atoms with E-state index in [9.17, 15) is 0 Å². The lowest BCUT2D eigenvalue weighted by atomic mass is 9.84. The van der Waals surface area contributed by atoms with E-state index in [2.05, 4.69) is 5.10 Å². The van der Waals surface area contributed by atoms with Crippen LogP contribution in [0.4, 0.5) is 0 Å². The van der Waals surface area contributed by atoms with Gasteiger partial charge in [-0.05, 0) is 19.8 Å². The second kappa shape index (κ2) is 6.59. The summed E-state index contributed by atoms with van der Waals surface area (Å²) in [7, 11) is 3.57. The molecular weight excluding hydrogens is 254 g/mol. The first-order valence-corrected chi connectivity index (χ1v) is 7.60. The van der Waals surface area contributed by atoms with Crippen molar-refractivity contribution in [2.45, 2.75) is 57.1 Å². The summed E-state index contributed by atoms with van der Waals surface area (Å²) >= 11 is 0. The minimum absolute atomic E-state index is 0.206. The summed E-state index contributed by atoms with van der Waals surface area (Å²) in [5, 5.41) is 4.27. The Balaban J connectivity index is 2.34. The molecule has 1 atom stereocenters. The van der Waals surface area contributed by atoms with Crippen LogP contribution >= 0.6 is 0 Å². The number of rotatable bonds is 5. The van der Waals surface area contributed by atoms with E-state index in [-0.39, 0.29) is 11.6 Å². The van der Waals surface area contributed by atoms with Gasteiger partial charge in [-0.2, -0.15) is 5.10 Å². The fraction of sp³-hybridized carbons (Fsp3) is 0.800. The van der Waals surface area contributed by atoms with Gasteiger partial charge >= 0.3 is 0 Å². The molecule has 0 bridgehead atoms. The molecule has 0 radical (unpaired) electrons. The monoisotopic (exact) mass is 281 g/mol. The zero-order valence-corrected chi connectivity index (χ0v) is 12.9. The molecule has 0 aliphatic heterocycles. The first-order valence-electron chi connectivity index (χ1n) is 7.60. The van der Waals surface area contributed by atoms with E-state index in [0.717, 1.165) is 24.3 Å². The number of ether oxygens (including phenoxy) is 2. The molecule has 1 aliphatic carbocycles. The van der Waals surface area contributed by atoms with Gasteiger partial charge in [-0.1, -0.05) is 25.7 Å². The van der Waals surface area contributed by atoms with Gasteiger partial charge in [0.1, 0.15) is 0 Å².